The van der Waals surface area contributed by atoms with Crippen molar-refractivity contribution in [2.75, 3.05) is 7.05 Å². The zero-order valence-electron chi connectivity index (χ0n) is 10.7. The average molecular weight is 282 g/mol. The maximum atomic E-state index is 13.9. The summed E-state index contributed by atoms with van der Waals surface area (Å²) in [7, 11) is 1.73. The first-order chi connectivity index (χ1) is 9.01. The second-order valence-electron chi connectivity index (χ2n) is 4.45. The fourth-order valence-corrected chi connectivity index (χ4v) is 2.47. The highest BCUT2D eigenvalue weighted by Crippen LogP contribution is 2.27. The third-order valence-corrected chi connectivity index (χ3v) is 3.18. The lowest BCUT2D eigenvalue weighted by Crippen LogP contribution is -2.19. The van der Waals surface area contributed by atoms with E-state index in [1.165, 1.54) is 12.1 Å². The van der Waals surface area contributed by atoms with Gasteiger partial charge in [-0.25, -0.2) is 8.78 Å². The summed E-state index contributed by atoms with van der Waals surface area (Å²) in [6, 6.07) is 8.75. The number of hydrogen-bond acceptors (Lipinski definition) is 1. The molecular formula is C15H14ClF2N. The monoisotopic (exact) mass is 281 g/mol. The van der Waals surface area contributed by atoms with Crippen LogP contribution in [-0.4, -0.2) is 7.05 Å². The van der Waals surface area contributed by atoms with Gasteiger partial charge in [0.25, 0.3) is 0 Å². The van der Waals surface area contributed by atoms with Gasteiger partial charge in [0.05, 0.1) is 6.04 Å². The molecule has 2 aromatic carbocycles. The molecule has 2 aromatic rings. The standard InChI is InChI=1S/C15H14ClF2N/c1-9-5-10(7-11(16)6-9)15(19-2)13-4-3-12(17)8-14(13)18/h3-8,15,19H,1-2H3. The molecule has 19 heavy (non-hydrogen) atoms. The molecule has 0 fully saturated rings. The van der Waals surface area contributed by atoms with Crippen molar-refractivity contribution in [2.24, 2.45) is 0 Å². The molecule has 2 rings (SSSR count). The summed E-state index contributed by atoms with van der Waals surface area (Å²) < 4.78 is 26.8. The third kappa shape index (κ3) is 3.11. The smallest absolute Gasteiger partial charge is 0.131 e. The Morgan fingerprint density at radius 1 is 1.11 bits per heavy atom. The Morgan fingerprint density at radius 3 is 2.42 bits per heavy atom. The van der Waals surface area contributed by atoms with Crippen molar-refractivity contribution in [3.05, 3.63) is 69.7 Å². The fraction of sp³-hybridized carbons (Fsp3) is 0.200. The van der Waals surface area contributed by atoms with Crippen LogP contribution in [0.3, 0.4) is 0 Å². The summed E-state index contributed by atoms with van der Waals surface area (Å²) >= 11 is 6.02. The Bertz CT molecular complexity index is 578. The van der Waals surface area contributed by atoms with E-state index in [1.54, 1.807) is 13.1 Å². The molecule has 0 aliphatic carbocycles. The van der Waals surface area contributed by atoms with Gasteiger partial charge < -0.3 is 5.32 Å². The van der Waals surface area contributed by atoms with Crippen molar-refractivity contribution in [2.45, 2.75) is 13.0 Å². The molecule has 1 atom stereocenters. The summed E-state index contributed by atoms with van der Waals surface area (Å²) in [6.45, 7) is 1.92. The number of halogens is 3. The molecule has 0 aromatic heterocycles. The zero-order valence-corrected chi connectivity index (χ0v) is 11.4. The summed E-state index contributed by atoms with van der Waals surface area (Å²) in [5, 5.41) is 3.62. The van der Waals surface area contributed by atoms with Gasteiger partial charge >= 0.3 is 0 Å². The van der Waals surface area contributed by atoms with Gasteiger partial charge in [-0.05, 0) is 43.3 Å². The van der Waals surface area contributed by atoms with E-state index in [1.807, 2.05) is 19.1 Å². The van der Waals surface area contributed by atoms with Crippen molar-refractivity contribution < 1.29 is 8.78 Å². The van der Waals surface area contributed by atoms with E-state index in [0.29, 0.717) is 10.6 Å². The van der Waals surface area contributed by atoms with Crippen LogP contribution in [0.25, 0.3) is 0 Å². The molecule has 1 nitrogen and oxygen atoms in total. The summed E-state index contributed by atoms with van der Waals surface area (Å²) in [4.78, 5) is 0. The van der Waals surface area contributed by atoms with E-state index in [9.17, 15) is 8.78 Å². The summed E-state index contributed by atoms with van der Waals surface area (Å²) in [5.41, 5.74) is 2.23. The molecule has 0 radical (unpaired) electrons. The predicted molar refractivity (Wildman–Crippen MR) is 73.4 cm³/mol. The lowest BCUT2D eigenvalue weighted by molar-refractivity contribution is 0.551. The Kier molecular flexibility index (Phi) is 4.17. The van der Waals surface area contributed by atoms with E-state index >= 15 is 0 Å². The highest BCUT2D eigenvalue weighted by molar-refractivity contribution is 6.30. The van der Waals surface area contributed by atoms with Crippen molar-refractivity contribution in [1.82, 2.24) is 5.32 Å². The van der Waals surface area contributed by atoms with Crippen LogP contribution in [0.5, 0.6) is 0 Å². The Morgan fingerprint density at radius 2 is 1.84 bits per heavy atom. The maximum Gasteiger partial charge on any atom is 0.131 e. The molecule has 0 aliphatic heterocycles. The van der Waals surface area contributed by atoms with Gasteiger partial charge in [0.2, 0.25) is 0 Å². The van der Waals surface area contributed by atoms with Crippen LogP contribution < -0.4 is 5.32 Å². The molecule has 1 unspecified atom stereocenters. The predicted octanol–water partition coefficient (Wildman–Crippen LogP) is 4.24. The zero-order chi connectivity index (χ0) is 14.0. The molecule has 0 saturated carbocycles. The molecule has 0 heterocycles. The number of aryl methyl sites for hydroxylation is 1. The second-order valence-corrected chi connectivity index (χ2v) is 4.89. The van der Waals surface area contributed by atoms with Crippen LogP contribution in [0.15, 0.2) is 36.4 Å². The Balaban J connectivity index is 2.49. The second kappa shape index (κ2) is 5.68. The van der Waals surface area contributed by atoms with Gasteiger partial charge in [0.1, 0.15) is 11.6 Å². The minimum absolute atomic E-state index is 0.363. The van der Waals surface area contributed by atoms with Crippen LogP contribution in [0.2, 0.25) is 5.02 Å². The lowest BCUT2D eigenvalue weighted by Gasteiger charge is -2.19. The lowest BCUT2D eigenvalue weighted by atomic mass is 9.97. The SMILES string of the molecule is CNC(c1cc(C)cc(Cl)c1)c1ccc(F)cc1F. The molecule has 0 amide bonds. The largest absolute Gasteiger partial charge is 0.309 e. The number of rotatable bonds is 3. The molecule has 0 saturated heterocycles. The van der Waals surface area contributed by atoms with E-state index in [4.69, 9.17) is 11.6 Å². The van der Waals surface area contributed by atoms with E-state index in [2.05, 4.69) is 5.32 Å². The first-order valence-electron chi connectivity index (χ1n) is 5.90. The first-order valence-corrected chi connectivity index (χ1v) is 6.28. The number of nitrogens with one attached hydrogen (secondary N) is 1. The minimum Gasteiger partial charge on any atom is -0.309 e. The van der Waals surface area contributed by atoms with Crippen LogP contribution >= 0.6 is 11.6 Å². The van der Waals surface area contributed by atoms with Gasteiger partial charge in [-0.1, -0.05) is 23.7 Å². The molecule has 0 bridgehead atoms. The quantitative estimate of drug-likeness (QED) is 0.887. The molecule has 0 aliphatic rings. The van der Waals surface area contributed by atoms with Crippen molar-refractivity contribution in [1.29, 1.82) is 0 Å². The van der Waals surface area contributed by atoms with Crippen LogP contribution in [-0.2, 0) is 0 Å². The summed E-state index contributed by atoms with van der Waals surface area (Å²) in [6.07, 6.45) is 0. The minimum atomic E-state index is -0.585. The van der Waals surface area contributed by atoms with E-state index < -0.39 is 11.6 Å². The van der Waals surface area contributed by atoms with Gasteiger partial charge in [-0.15, -0.1) is 0 Å². The van der Waals surface area contributed by atoms with Gasteiger partial charge in [-0.2, -0.15) is 0 Å². The van der Waals surface area contributed by atoms with Crippen molar-refractivity contribution in [3.8, 4) is 0 Å². The maximum absolute atomic E-state index is 13.9. The average Bonchev–Trinajstić information content (AvgIpc) is 2.31. The van der Waals surface area contributed by atoms with E-state index in [0.717, 1.165) is 17.2 Å². The van der Waals surface area contributed by atoms with Crippen LogP contribution in [0.1, 0.15) is 22.7 Å². The summed E-state index contributed by atoms with van der Waals surface area (Å²) in [5.74, 6) is -1.16. The Hall–Kier alpha value is -1.45. The van der Waals surface area contributed by atoms with E-state index in [-0.39, 0.29) is 6.04 Å². The first kappa shape index (κ1) is 14.0. The van der Waals surface area contributed by atoms with Crippen molar-refractivity contribution >= 4 is 11.6 Å². The van der Waals surface area contributed by atoms with Gasteiger partial charge in [0.15, 0.2) is 0 Å². The third-order valence-electron chi connectivity index (χ3n) is 2.96. The van der Waals surface area contributed by atoms with Crippen LogP contribution in [0, 0.1) is 18.6 Å². The topological polar surface area (TPSA) is 12.0 Å². The number of benzene rings is 2. The van der Waals surface area contributed by atoms with Crippen molar-refractivity contribution in [3.63, 3.8) is 0 Å². The van der Waals surface area contributed by atoms with Crippen LogP contribution in [0.4, 0.5) is 8.78 Å². The molecule has 0 spiro atoms. The van der Waals surface area contributed by atoms with Gasteiger partial charge in [0, 0.05) is 16.7 Å². The normalized spacial score (nSPS) is 12.5. The molecule has 100 valence electrons. The molecule has 4 heteroatoms. The highest BCUT2D eigenvalue weighted by atomic mass is 35.5. The number of hydrogen-bond donors (Lipinski definition) is 1. The molecule has 1 N–H and O–H groups in total. The van der Waals surface area contributed by atoms with Gasteiger partial charge in [-0.3, -0.25) is 0 Å². The molecular weight excluding hydrogens is 268 g/mol. The highest BCUT2D eigenvalue weighted by Gasteiger charge is 2.17. The Labute approximate surface area is 116 Å². The fourth-order valence-electron chi connectivity index (χ4n) is 2.17.